The summed E-state index contributed by atoms with van der Waals surface area (Å²) >= 11 is 3.27. The van der Waals surface area contributed by atoms with Crippen LogP contribution in [0.1, 0.15) is 40.2 Å². The number of aromatic nitrogens is 1. The SMILES string of the molecule is CCOc1cc(/C=N/NC(=O)c2ccc(COc3ccc(-n4c(C)ccc4C)cc3)o2)cc(Br)c1O. The summed E-state index contributed by atoms with van der Waals surface area (Å²) in [5.41, 5.74) is 6.45. The third-order valence-corrected chi connectivity index (χ3v) is 5.97. The summed E-state index contributed by atoms with van der Waals surface area (Å²) in [5, 5.41) is 14.0. The van der Waals surface area contributed by atoms with Gasteiger partial charge in [0, 0.05) is 17.1 Å². The van der Waals surface area contributed by atoms with Crippen molar-refractivity contribution >= 4 is 28.1 Å². The van der Waals surface area contributed by atoms with Crippen LogP contribution in [0.15, 0.2) is 74.7 Å². The van der Waals surface area contributed by atoms with Crippen LogP contribution in [0.2, 0.25) is 0 Å². The maximum atomic E-state index is 12.4. The molecule has 0 saturated heterocycles. The first-order valence-electron chi connectivity index (χ1n) is 11.3. The Morgan fingerprint density at radius 2 is 1.81 bits per heavy atom. The maximum Gasteiger partial charge on any atom is 0.307 e. The van der Waals surface area contributed by atoms with E-state index in [1.54, 1.807) is 24.3 Å². The van der Waals surface area contributed by atoms with Crippen molar-refractivity contribution in [1.82, 2.24) is 9.99 Å². The molecule has 0 aliphatic rings. The lowest BCUT2D eigenvalue weighted by Crippen LogP contribution is -2.16. The first-order valence-corrected chi connectivity index (χ1v) is 12.1. The molecule has 8 nitrogen and oxygen atoms in total. The van der Waals surface area contributed by atoms with Crippen LogP contribution in [-0.4, -0.2) is 28.4 Å². The van der Waals surface area contributed by atoms with Crippen molar-refractivity contribution in [3.05, 3.63) is 93.6 Å². The number of ether oxygens (including phenoxy) is 2. The average molecular weight is 552 g/mol. The van der Waals surface area contributed by atoms with Crippen molar-refractivity contribution in [3.63, 3.8) is 0 Å². The topological polar surface area (TPSA) is 98.2 Å². The fourth-order valence-electron chi connectivity index (χ4n) is 3.65. The number of benzene rings is 2. The third-order valence-electron chi connectivity index (χ3n) is 5.36. The number of hydrazone groups is 1. The van der Waals surface area contributed by atoms with Gasteiger partial charge in [0.05, 0.1) is 17.3 Å². The van der Waals surface area contributed by atoms with Gasteiger partial charge < -0.3 is 23.6 Å². The fourth-order valence-corrected chi connectivity index (χ4v) is 4.11. The molecular formula is C27H26BrN3O5. The molecule has 0 spiro atoms. The van der Waals surface area contributed by atoms with Crippen molar-refractivity contribution in [3.8, 4) is 22.9 Å². The summed E-state index contributed by atoms with van der Waals surface area (Å²) in [7, 11) is 0. The highest BCUT2D eigenvalue weighted by Crippen LogP contribution is 2.35. The van der Waals surface area contributed by atoms with E-state index in [1.807, 2.05) is 31.2 Å². The summed E-state index contributed by atoms with van der Waals surface area (Å²) in [6.45, 7) is 6.54. The van der Waals surface area contributed by atoms with E-state index in [4.69, 9.17) is 13.9 Å². The van der Waals surface area contributed by atoms with Gasteiger partial charge in [0.1, 0.15) is 18.1 Å². The minimum atomic E-state index is -0.498. The molecule has 36 heavy (non-hydrogen) atoms. The number of hydrogen-bond acceptors (Lipinski definition) is 6. The lowest BCUT2D eigenvalue weighted by atomic mass is 10.2. The van der Waals surface area contributed by atoms with Crippen LogP contribution in [0.4, 0.5) is 0 Å². The summed E-state index contributed by atoms with van der Waals surface area (Å²) in [6, 6.07) is 18.5. The molecule has 0 aliphatic heterocycles. The monoisotopic (exact) mass is 551 g/mol. The Hall–Kier alpha value is -3.98. The smallest absolute Gasteiger partial charge is 0.307 e. The molecule has 0 aliphatic carbocycles. The zero-order valence-corrected chi connectivity index (χ0v) is 21.7. The number of nitrogens with one attached hydrogen (secondary N) is 1. The molecule has 4 aromatic rings. The van der Waals surface area contributed by atoms with E-state index < -0.39 is 5.91 Å². The van der Waals surface area contributed by atoms with Crippen LogP contribution >= 0.6 is 15.9 Å². The van der Waals surface area contributed by atoms with Gasteiger partial charge in [-0.1, -0.05) is 0 Å². The molecule has 0 radical (unpaired) electrons. The van der Waals surface area contributed by atoms with Crippen LogP contribution in [0.25, 0.3) is 5.69 Å². The number of rotatable bonds is 9. The standard InChI is InChI=1S/C27H26BrN3O5/c1-4-34-25-14-19(13-23(28)26(25)32)15-29-30-27(33)24-12-11-22(36-24)16-35-21-9-7-20(8-10-21)31-17(2)5-6-18(31)3/h5-15,32H,4,16H2,1-3H3,(H,30,33)/b29-15+. The first kappa shape index (κ1) is 25.1. The van der Waals surface area contributed by atoms with Crippen molar-refractivity contribution < 1.29 is 23.8 Å². The number of carbonyl (C=O) groups excluding carboxylic acids is 1. The second-order valence-corrected chi connectivity index (χ2v) is 8.84. The van der Waals surface area contributed by atoms with E-state index >= 15 is 0 Å². The Bertz CT molecular complexity index is 1370. The summed E-state index contributed by atoms with van der Waals surface area (Å²) in [4.78, 5) is 12.4. The number of carbonyl (C=O) groups is 1. The van der Waals surface area contributed by atoms with Crippen LogP contribution in [0.3, 0.4) is 0 Å². The number of furan rings is 1. The summed E-state index contributed by atoms with van der Waals surface area (Å²) < 4.78 is 19.4. The van der Waals surface area contributed by atoms with Crippen LogP contribution in [-0.2, 0) is 6.61 Å². The number of phenolic OH excluding ortho intramolecular Hbond substituents is 1. The van der Waals surface area contributed by atoms with Crippen LogP contribution < -0.4 is 14.9 Å². The zero-order valence-electron chi connectivity index (χ0n) is 20.1. The second kappa shape index (κ2) is 11.2. The molecule has 0 unspecified atom stereocenters. The highest BCUT2D eigenvalue weighted by Gasteiger charge is 2.12. The molecule has 2 aromatic heterocycles. The van der Waals surface area contributed by atoms with E-state index in [9.17, 15) is 9.90 Å². The number of amides is 1. The number of hydrogen-bond donors (Lipinski definition) is 2. The number of aromatic hydroxyl groups is 1. The largest absolute Gasteiger partial charge is 0.503 e. The molecule has 0 atom stereocenters. The molecule has 186 valence electrons. The molecule has 0 bridgehead atoms. The third kappa shape index (κ3) is 5.80. The van der Waals surface area contributed by atoms with E-state index in [0.29, 0.717) is 33.9 Å². The molecule has 0 saturated carbocycles. The predicted molar refractivity (Wildman–Crippen MR) is 140 cm³/mol. The van der Waals surface area contributed by atoms with Crippen molar-refractivity contribution in [2.45, 2.75) is 27.4 Å². The minimum absolute atomic E-state index is 0.00501. The maximum absolute atomic E-state index is 12.4. The zero-order chi connectivity index (χ0) is 25.7. The van der Waals surface area contributed by atoms with Crippen molar-refractivity contribution in [2.75, 3.05) is 6.61 Å². The molecule has 2 N–H and O–H groups in total. The number of aryl methyl sites for hydroxylation is 2. The summed E-state index contributed by atoms with van der Waals surface area (Å²) in [5.74, 6) is 1.14. The van der Waals surface area contributed by atoms with Crippen LogP contribution in [0.5, 0.6) is 17.2 Å². The highest BCUT2D eigenvalue weighted by molar-refractivity contribution is 9.10. The number of halogens is 1. The van der Waals surface area contributed by atoms with Gasteiger partial charge in [-0.05, 0) is 103 Å². The van der Waals surface area contributed by atoms with E-state index in [2.05, 4.69) is 57.0 Å². The molecular weight excluding hydrogens is 526 g/mol. The van der Waals surface area contributed by atoms with Gasteiger partial charge >= 0.3 is 5.91 Å². The lowest BCUT2D eigenvalue weighted by molar-refractivity contribution is 0.0923. The van der Waals surface area contributed by atoms with Gasteiger partial charge in [0.2, 0.25) is 0 Å². The molecule has 2 aromatic carbocycles. The van der Waals surface area contributed by atoms with Crippen molar-refractivity contribution in [2.24, 2.45) is 5.10 Å². The Balaban J connectivity index is 1.32. The quantitative estimate of drug-likeness (QED) is 0.199. The normalized spacial score (nSPS) is 11.1. The molecule has 4 rings (SSSR count). The number of phenols is 1. The minimum Gasteiger partial charge on any atom is -0.503 e. The van der Waals surface area contributed by atoms with Gasteiger partial charge in [0.15, 0.2) is 17.3 Å². The van der Waals surface area contributed by atoms with Gasteiger partial charge in [-0.3, -0.25) is 4.79 Å². The van der Waals surface area contributed by atoms with Gasteiger partial charge in [-0.15, -0.1) is 0 Å². The Morgan fingerprint density at radius 1 is 1.08 bits per heavy atom. The van der Waals surface area contributed by atoms with E-state index in [-0.39, 0.29) is 18.1 Å². The lowest BCUT2D eigenvalue weighted by Gasteiger charge is -2.10. The molecule has 2 heterocycles. The van der Waals surface area contributed by atoms with Crippen molar-refractivity contribution in [1.29, 1.82) is 0 Å². The van der Waals surface area contributed by atoms with Crippen LogP contribution in [0, 0.1) is 13.8 Å². The van der Waals surface area contributed by atoms with Gasteiger partial charge in [-0.25, -0.2) is 5.43 Å². The Kier molecular flexibility index (Phi) is 7.80. The van der Waals surface area contributed by atoms with Gasteiger partial charge in [-0.2, -0.15) is 5.10 Å². The highest BCUT2D eigenvalue weighted by atomic mass is 79.9. The first-order chi connectivity index (χ1) is 17.4. The van der Waals surface area contributed by atoms with E-state index in [1.165, 1.54) is 6.21 Å². The average Bonchev–Trinajstić information content (AvgIpc) is 3.47. The molecule has 1 amide bonds. The molecule has 0 fully saturated rings. The fraction of sp³-hybridized carbons (Fsp3) is 0.185. The van der Waals surface area contributed by atoms with E-state index in [0.717, 1.165) is 17.1 Å². The summed E-state index contributed by atoms with van der Waals surface area (Å²) in [6.07, 6.45) is 1.44. The predicted octanol–water partition coefficient (Wildman–Crippen LogP) is 5.90. The second-order valence-electron chi connectivity index (χ2n) is 7.98. The Morgan fingerprint density at radius 3 is 2.50 bits per heavy atom. The van der Waals surface area contributed by atoms with Gasteiger partial charge in [0.25, 0.3) is 0 Å². The molecule has 9 heteroatoms. The Labute approximate surface area is 217 Å². The number of nitrogens with zero attached hydrogens (tertiary/aromatic N) is 2.